The Morgan fingerprint density at radius 1 is 1.20 bits per heavy atom. The number of carbonyl (C=O) groups excluding carboxylic acids is 1. The van der Waals surface area contributed by atoms with Gasteiger partial charge in [0.05, 0.1) is 18.9 Å². The Balaban J connectivity index is 1.43. The molecule has 7 nitrogen and oxygen atoms in total. The van der Waals surface area contributed by atoms with Crippen LogP contribution < -0.4 is 9.47 Å². The van der Waals surface area contributed by atoms with E-state index in [1.165, 1.54) is 0 Å². The molecule has 4 rings (SSSR count). The summed E-state index contributed by atoms with van der Waals surface area (Å²) < 4.78 is 21.3. The Bertz CT molecular complexity index is 767. The molecule has 1 atom stereocenters. The molecule has 2 aliphatic heterocycles. The molecule has 1 fully saturated rings. The average molecular weight is 344 g/mol. The number of aromatic nitrogens is 1. The molecule has 25 heavy (non-hydrogen) atoms. The predicted molar refractivity (Wildman–Crippen MR) is 87.9 cm³/mol. The summed E-state index contributed by atoms with van der Waals surface area (Å²) in [4.78, 5) is 14.2. The number of carbonyl (C=O) groups is 1. The van der Waals surface area contributed by atoms with Gasteiger partial charge in [-0.25, -0.2) is 0 Å². The second-order valence-corrected chi connectivity index (χ2v) is 6.31. The van der Waals surface area contributed by atoms with E-state index in [4.69, 9.17) is 18.7 Å². The van der Waals surface area contributed by atoms with E-state index in [1.807, 2.05) is 18.2 Å². The zero-order chi connectivity index (χ0) is 17.2. The van der Waals surface area contributed by atoms with Gasteiger partial charge in [-0.15, -0.1) is 0 Å². The first kappa shape index (κ1) is 16.0. The number of nitrogens with zero attached hydrogens (tertiary/aromatic N) is 2. The van der Waals surface area contributed by atoms with Gasteiger partial charge in [-0.2, -0.15) is 0 Å². The molecule has 1 unspecified atom stereocenters. The van der Waals surface area contributed by atoms with Gasteiger partial charge < -0.3 is 23.6 Å². The van der Waals surface area contributed by atoms with E-state index in [0.717, 1.165) is 29.2 Å². The summed E-state index contributed by atoms with van der Waals surface area (Å²) in [6.45, 7) is 4.62. The topological polar surface area (TPSA) is 74.0 Å². The van der Waals surface area contributed by atoms with Crippen LogP contribution in [0.3, 0.4) is 0 Å². The summed E-state index contributed by atoms with van der Waals surface area (Å²) in [5.41, 5.74) is 1.90. The van der Waals surface area contributed by atoms with Crippen LogP contribution in [-0.4, -0.2) is 49.1 Å². The summed E-state index contributed by atoms with van der Waals surface area (Å²) >= 11 is 0. The summed E-state index contributed by atoms with van der Waals surface area (Å²) in [7, 11) is 0. The monoisotopic (exact) mass is 344 g/mol. The molecule has 0 aliphatic carbocycles. The molecule has 1 amide bonds. The minimum absolute atomic E-state index is 0.121. The lowest BCUT2D eigenvalue weighted by molar-refractivity contribution is 0.0277. The molecule has 0 radical (unpaired) electrons. The van der Waals surface area contributed by atoms with Gasteiger partial charge in [0.15, 0.2) is 11.5 Å². The number of amides is 1. The van der Waals surface area contributed by atoms with Gasteiger partial charge in [-0.05, 0) is 24.1 Å². The van der Waals surface area contributed by atoms with E-state index in [2.05, 4.69) is 12.1 Å². The lowest BCUT2D eigenvalue weighted by Gasteiger charge is -2.25. The van der Waals surface area contributed by atoms with Gasteiger partial charge in [0.2, 0.25) is 12.6 Å². The summed E-state index contributed by atoms with van der Waals surface area (Å²) in [6, 6.07) is 7.67. The molecule has 7 heteroatoms. The average Bonchev–Trinajstić information content (AvgIpc) is 3.31. The van der Waals surface area contributed by atoms with Crippen LogP contribution in [0, 0.1) is 0 Å². The standard InChI is InChI=1S/C18H20N2O5/c1-12(8-13-2-3-15-16(9-13)24-11-23-15)14-10-17(25-19-14)18(21)20-4-6-22-7-5-20/h2-3,9-10,12H,4-8,11H2,1H3. The van der Waals surface area contributed by atoms with Crippen molar-refractivity contribution in [1.82, 2.24) is 10.1 Å². The molecule has 0 spiro atoms. The largest absolute Gasteiger partial charge is 0.454 e. The number of fused-ring (bicyclic) bond motifs is 1. The maximum atomic E-state index is 12.4. The lowest BCUT2D eigenvalue weighted by atomic mass is 9.97. The summed E-state index contributed by atoms with van der Waals surface area (Å²) in [6.07, 6.45) is 0.772. The van der Waals surface area contributed by atoms with Gasteiger partial charge in [-0.3, -0.25) is 4.79 Å². The highest BCUT2D eigenvalue weighted by Crippen LogP contribution is 2.34. The third kappa shape index (κ3) is 3.32. The van der Waals surface area contributed by atoms with E-state index >= 15 is 0 Å². The van der Waals surface area contributed by atoms with Crippen molar-refractivity contribution in [3.8, 4) is 11.5 Å². The van der Waals surface area contributed by atoms with E-state index < -0.39 is 0 Å². The highest BCUT2D eigenvalue weighted by molar-refractivity contribution is 5.91. The fourth-order valence-corrected chi connectivity index (χ4v) is 3.07. The van der Waals surface area contributed by atoms with Crippen LogP contribution in [0.2, 0.25) is 0 Å². The van der Waals surface area contributed by atoms with Gasteiger partial charge >= 0.3 is 0 Å². The Labute approximate surface area is 145 Å². The minimum atomic E-state index is -0.127. The molecular weight excluding hydrogens is 324 g/mol. The predicted octanol–water partition coefficient (Wildman–Crippen LogP) is 2.22. The van der Waals surface area contributed by atoms with Crippen LogP contribution in [0.1, 0.15) is 34.7 Å². The van der Waals surface area contributed by atoms with Crippen molar-refractivity contribution in [3.63, 3.8) is 0 Å². The second kappa shape index (κ2) is 6.76. The highest BCUT2D eigenvalue weighted by Gasteiger charge is 2.24. The molecule has 2 aliphatic rings. The zero-order valence-electron chi connectivity index (χ0n) is 14.1. The van der Waals surface area contributed by atoms with Crippen molar-refractivity contribution in [2.45, 2.75) is 19.3 Å². The van der Waals surface area contributed by atoms with E-state index in [9.17, 15) is 4.79 Å². The van der Waals surface area contributed by atoms with Gasteiger partial charge in [0, 0.05) is 25.1 Å². The maximum Gasteiger partial charge on any atom is 0.292 e. The Kier molecular flexibility index (Phi) is 4.31. The molecule has 0 bridgehead atoms. The van der Waals surface area contributed by atoms with Crippen LogP contribution in [-0.2, 0) is 11.2 Å². The maximum absolute atomic E-state index is 12.4. The molecule has 0 saturated carbocycles. The number of rotatable bonds is 4. The number of benzene rings is 1. The van der Waals surface area contributed by atoms with Crippen molar-refractivity contribution in [2.24, 2.45) is 0 Å². The van der Waals surface area contributed by atoms with E-state index in [1.54, 1.807) is 11.0 Å². The first-order valence-corrected chi connectivity index (χ1v) is 8.43. The first-order valence-electron chi connectivity index (χ1n) is 8.43. The van der Waals surface area contributed by atoms with Crippen molar-refractivity contribution < 1.29 is 23.5 Å². The zero-order valence-corrected chi connectivity index (χ0v) is 14.1. The smallest absolute Gasteiger partial charge is 0.292 e. The molecular formula is C18H20N2O5. The Hall–Kier alpha value is -2.54. The molecule has 1 aromatic heterocycles. The lowest BCUT2D eigenvalue weighted by Crippen LogP contribution is -2.40. The number of hydrogen-bond donors (Lipinski definition) is 0. The number of ether oxygens (including phenoxy) is 3. The van der Waals surface area contributed by atoms with Crippen LogP contribution in [0.25, 0.3) is 0 Å². The van der Waals surface area contributed by atoms with Crippen molar-refractivity contribution in [3.05, 3.63) is 41.3 Å². The van der Waals surface area contributed by atoms with Gasteiger partial charge in [0.25, 0.3) is 5.91 Å². The van der Waals surface area contributed by atoms with Gasteiger partial charge in [0.1, 0.15) is 0 Å². The number of hydrogen-bond acceptors (Lipinski definition) is 6. The van der Waals surface area contributed by atoms with E-state index in [-0.39, 0.29) is 24.4 Å². The normalized spacial score (nSPS) is 17.6. The summed E-state index contributed by atoms with van der Waals surface area (Å²) in [5, 5.41) is 4.09. The van der Waals surface area contributed by atoms with Crippen molar-refractivity contribution >= 4 is 5.91 Å². The van der Waals surface area contributed by atoms with Crippen molar-refractivity contribution in [2.75, 3.05) is 33.1 Å². The third-order valence-corrected chi connectivity index (χ3v) is 4.52. The SMILES string of the molecule is CC(Cc1ccc2c(c1)OCO2)c1cc(C(=O)N2CCOCC2)on1. The summed E-state index contributed by atoms with van der Waals surface area (Å²) in [5.74, 6) is 1.83. The Morgan fingerprint density at radius 2 is 2.00 bits per heavy atom. The quantitative estimate of drug-likeness (QED) is 0.847. The molecule has 3 heterocycles. The first-order chi connectivity index (χ1) is 12.2. The van der Waals surface area contributed by atoms with Gasteiger partial charge in [-0.1, -0.05) is 18.1 Å². The van der Waals surface area contributed by atoms with Crippen LogP contribution in [0.4, 0.5) is 0 Å². The minimum Gasteiger partial charge on any atom is -0.454 e. The molecule has 1 aromatic carbocycles. The highest BCUT2D eigenvalue weighted by atomic mass is 16.7. The second-order valence-electron chi connectivity index (χ2n) is 6.31. The van der Waals surface area contributed by atoms with Crippen LogP contribution in [0.5, 0.6) is 11.5 Å². The molecule has 132 valence electrons. The third-order valence-electron chi connectivity index (χ3n) is 4.52. The fraction of sp³-hybridized carbons (Fsp3) is 0.444. The van der Waals surface area contributed by atoms with Crippen LogP contribution in [0.15, 0.2) is 28.8 Å². The van der Waals surface area contributed by atoms with Crippen LogP contribution >= 0.6 is 0 Å². The molecule has 0 N–H and O–H groups in total. The molecule has 2 aromatic rings. The van der Waals surface area contributed by atoms with Crippen molar-refractivity contribution in [1.29, 1.82) is 0 Å². The van der Waals surface area contributed by atoms with E-state index in [0.29, 0.717) is 26.3 Å². The fourth-order valence-electron chi connectivity index (χ4n) is 3.07. The number of morpholine rings is 1. The Morgan fingerprint density at radius 3 is 2.84 bits per heavy atom. The molecule has 1 saturated heterocycles.